The van der Waals surface area contributed by atoms with Crippen LogP contribution in [0.25, 0.3) is 0 Å². The van der Waals surface area contributed by atoms with Crippen molar-refractivity contribution in [3.63, 3.8) is 0 Å². The molecule has 1 unspecified atom stereocenters. The Balaban J connectivity index is 2.47. The van der Waals surface area contributed by atoms with Gasteiger partial charge in [-0.2, -0.15) is 0 Å². The maximum absolute atomic E-state index is 11.6. The van der Waals surface area contributed by atoms with E-state index in [1.165, 1.54) is 0 Å². The number of nitrogens with two attached hydrogens (primary N) is 1. The van der Waals surface area contributed by atoms with Crippen molar-refractivity contribution in [2.75, 3.05) is 6.54 Å². The van der Waals surface area contributed by atoms with Crippen LogP contribution in [0.15, 0.2) is 16.8 Å². The number of amides is 1. The van der Waals surface area contributed by atoms with E-state index >= 15 is 0 Å². The summed E-state index contributed by atoms with van der Waals surface area (Å²) < 4.78 is 0. The molecule has 1 amide bonds. The average molecular weight is 195 g/mol. The standard InChI is InChI=1S/C10H17N3O/c1-7(2)9(5-11)13-10(14)8-3-4-12-6-8/h4,6-7,9H,3,5,11H2,1-2H3,(H,13,14). The van der Waals surface area contributed by atoms with E-state index in [1.54, 1.807) is 12.4 Å². The van der Waals surface area contributed by atoms with Crippen LogP contribution in [0.5, 0.6) is 0 Å². The highest BCUT2D eigenvalue weighted by molar-refractivity contribution is 5.98. The number of nitrogens with zero attached hydrogens (tertiary/aromatic N) is 1. The summed E-state index contributed by atoms with van der Waals surface area (Å²) in [5, 5.41) is 2.90. The summed E-state index contributed by atoms with van der Waals surface area (Å²) in [5.74, 6) is 0.304. The first-order valence-corrected chi connectivity index (χ1v) is 4.86. The van der Waals surface area contributed by atoms with Crippen molar-refractivity contribution >= 4 is 12.1 Å². The molecule has 4 heteroatoms. The van der Waals surface area contributed by atoms with Crippen LogP contribution < -0.4 is 11.1 Å². The predicted octanol–water partition coefficient (Wildman–Crippen LogP) is 0.444. The maximum Gasteiger partial charge on any atom is 0.249 e. The van der Waals surface area contributed by atoms with Crippen LogP contribution in [0.4, 0.5) is 0 Å². The Morgan fingerprint density at radius 1 is 1.71 bits per heavy atom. The smallest absolute Gasteiger partial charge is 0.249 e. The largest absolute Gasteiger partial charge is 0.348 e. The highest BCUT2D eigenvalue weighted by Gasteiger charge is 2.17. The van der Waals surface area contributed by atoms with Crippen LogP contribution in [-0.4, -0.2) is 24.7 Å². The summed E-state index contributed by atoms with van der Waals surface area (Å²) in [4.78, 5) is 15.5. The van der Waals surface area contributed by atoms with Crippen molar-refractivity contribution in [2.24, 2.45) is 16.6 Å². The third-order valence-electron chi connectivity index (χ3n) is 2.31. The van der Waals surface area contributed by atoms with Crippen LogP contribution in [0.1, 0.15) is 20.3 Å². The van der Waals surface area contributed by atoms with E-state index in [0.29, 0.717) is 24.5 Å². The van der Waals surface area contributed by atoms with Gasteiger partial charge in [0.2, 0.25) is 5.91 Å². The van der Waals surface area contributed by atoms with Gasteiger partial charge in [0.05, 0.1) is 0 Å². The molecule has 1 heterocycles. The first-order chi connectivity index (χ1) is 6.65. The molecule has 0 radical (unpaired) electrons. The molecule has 0 aromatic rings. The molecule has 0 aromatic heterocycles. The highest BCUT2D eigenvalue weighted by atomic mass is 16.1. The van der Waals surface area contributed by atoms with Crippen molar-refractivity contribution in [1.29, 1.82) is 0 Å². The van der Waals surface area contributed by atoms with Crippen molar-refractivity contribution in [3.8, 4) is 0 Å². The summed E-state index contributed by atoms with van der Waals surface area (Å²) in [5.41, 5.74) is 6.27. The minimum atomic E-state index is -0.0494. The second-order valence-electron chi connectivity index (χ2n) is 3.75. The van der Waals surface area contributed by atoms with E-state index in [1.807, 2.05) is 13.8 Å². The zero-order valence-corrected chi connectivity index (χ0v) is 8.66. The first-order valence-electron chi connectivity index (χ1n) is 4.86. The maximum atomic E-state index is 11.6. The van der Waals surface area contributed by atoms with Crippen LogP contribution >= 0.6 is 0 Å². The number of rotatable bonds is 4. The molecule has 1 rings (SSSR count). The van der Waals surface area contributed by atoms with Crippen LogP contribution in [0.2, 0.25) is 0 Å². The molecule has 3 N–H and O–H groups in total. The number of hydrogen-bond acceptors (Lipinski definition) is 3. The molecule has 0 aliphatic carbocycles. The van der Waals surface area contributed by atoms with Gasteiger partial charge < -0.3 is 11.1 Å². The van der Waals surface area contributed by atoms with Gasteiger partial charge in [-0.25, -0.2) is 0 Å². The molecular formula is C10H17N3O. The lowest BCUT2D eigenvalue weighted by atomic mass is 10.0. The number of nitrogens with one attached hydrogen (secondary N) is 1. The Labute approximate surface area is 84.3 Å². The molecule has 0 bridgehead atoms. The lowest BCUT2D eigenvalue weighted by molar-refractivity contribution is -0.118. The van der Waals surface area contributed by atoms with Gasteiger partial charge in [-0.1, -0.05) is 13.8 Å². The predicted molar refractivity (Wildman–Crippen MR) is 57.0 cm³/mol. The Hall–Kier alpha value is -1.16. The molecule has 1 aliphatic heterocycles. The normalized spacial score (nSPS) is 17.0. The van der Waals surface area contributed by atoms with Crippen molar-refractivity contribution < 1.29 is 4.79 Å². The number of hydrogen-bond donors (Lipinski definition) is 2. The van der Waals surface area contributed by atoms with Gasteiger partial charge in [-0.3, -0.25) is 9.79 Å². The second kappa shape index (κ2) is 4.91. The van der Waals surface area contributed by atoms with Crippen molar-refractivity contribution in [3.05, 3.63) is 11.8 Å². The van der Waals surface area contributed by atoms with Gasteiger partial charge >= 0.3 is 0 Å². The monoisotopic (exact) mass is 195 g/mol. The molecule has 0 fully saturated rings. The molecule has 78 valence electrons. The van der Waals surface area contributed by atoms with E-state index in [9.17, 15) is 4.79 Å². The fraction of sp³-hybridized carbons (Fsp3) is 0.600. The summed E-state index contributed by atoms with van der Waals surface area (Å²) >= 11 is 0. The van der Waals surface area contributed by atoms with Gasteiger partial charge in [0.25, 0.3) is 0 Å². The summed E-state index contributed by atoms with van der Waals surface area (Å²) in [6.07, 6.45) is 3.95. The second-order valence-corrected chi connectivity index (χ2v) is 3.75. The van der Waals surface area contributed by atoms with Crippen molar-refractivity contribution in [2.45, 2.75) is 26.3 Å². The molecule has 0 saturated heterocycles. The van der Waals surface area contributed by atoms with Gasteiger partial charge in [-0.15, -0.1) is 0 Å². The van der Waals surface area contributed by atoms with Crippen molar-refractivity contribution in [1.82, 2.24) is 5.32 Å². The molecule has 1 atom stereocenters. The molecule has 0 spiro atoms. The molecule has 14 heavy (non-hydrogen) atoms. The fourth-order valence-electron chi connectivity index (χ4n) is 1.26. The third kappa shape index (κ3) is 2.67. The highest BCUT2D eigenvalue weighted by Crippen LogP contribution is 2.08. The first kappa shape index (κ1) is 10.9. The molecule has 1 aliphatic rings. The van der Waals surface area contributed by atoms with Crippen LogP contribution in [0, 0.1) is 5.92 Å². The third-order valence-corrected chi connectivity index (χ3v) is 2.31. The zero-order valence-electron chi connectivity index (χ0n) is 8.66. The zero-order chi connectivity index (χ0) is 10.6. The number of carbonyl (C=O) groups is 1. The lowest BCUT2D eigenvalue weighted by Gasteiger charge is -2.20. The molecule has 0 saturated carbocycles. The summed E-state index contributed by atoms with van der Waals surface area (Å²) in [6, 6.07) is 0.0454. The van der Waals surface area contributed by atoms with E-state index in [0.717, 1.165) is 0 Å². The quantitative estimate of drug-likeness (QED) is 0.683. The number of aliphatic imine (C=N–C) groups is 1. The SMILES string of the molecule is CC(C)C(CN)NC(=O)C1=CN=CC1. The Morgan fingerprint density at radius 3 is 2.86 bits per heavy atom. The van der Waals surface area contributed by atoms with Gasteiger partial charge in [0.15, 0.2) is 0 Å². The summed E-state index contributed by atoms with van der Waals surface area (Å²) in [6.45, 7) is 4.55. The van der Waals surface area contributed by atoms with Crippen LogP contribution in [-0.2, 0) is 4.79 Å². The topological polar surface area (TPSA) is 67.5 Å². The van der Waals surface area contributed by atoms with E-state index in [-0.39, 0.29) is 11.9 Å². The minimum absolute atomic E-state index is 0.0454. The van der Waals surface area contributed by atoms with Gasteiger partial charge in [0, 0.05) is 37.0 Å². The Morgan fingerprint density at radius 2 is 2.43 bits per heavy atom. The molecule has 0 aromatic carbocycles. The minimum Gasteiger partial charge on any atom is -0.348 e. The van der Waals surface area contributed by atoms with E-state index in [2.05, 4.69) is 10.3 Å². The Bertz CT molecular complexity index is 269. The van der Waals surface area contributed by atoms with E-state index in [4.69, 9.17) is 5.73 Å². The van der Waals surface area contributed by atoms with Gasteiger partial charge in [-0.05, 0) is 5.92 Å². The number of carbonyl (C=O) groups excluding carboxylic acids is 1. The summed E-state index contributed by atoms with van der Waals surface area (Å²) in [7, 11) is 0. The fourth-order valence-corrected chi connectivity index (χ4v) is 1.26. The molecular weight excluding hydrogens is 178 g/mol. The van der Waals surface area contributed by atoms with Gasteiger partial charge in [0.1, 0.15) is 0 Å². The Kier molecular flexibility index (Phi) is 3.83. The average Bonchev–Trinajstić information content (AvgIpc) is 2.65. The van der Waals surface area contributed by atoms with Crippen LogP contribution in [0.3, 0.4) is 0 Å². The van der Waals surface area contributed by atoms with E-state index < -0.39 is 0 Å². The molecule has 4 nitrogen and oxygen atoms in total. The lowest BCUT2D eigenvalue weighted by Crippen LogP contribution is -2.44.